The van der Waals surface area contributed by atoms with E-state index in [2.05, 4.69) is 26.7 Å². The first kappa shape index (κ1) is 27.0. The fraction of sp³-hybridized carbons (Fsp3) is 0.464. The molecule has 3 heterocycles. The molecule has 2 aromatic heterocycles. The third-order valence-corrected chi connectivity index (χ3v) is 7.33. The van der Waals surface area contributed by atoms with Crippen molar-refractivity contribution in [3.63, 3.8) is 0 Å². The molecule has 1 unspecified atom stereocenters. The van der Waals surface area contributed by atoms with E-state index in [4.69, 9.17) is 9.26 Å². The number of carboxylic acids is 1. The van der Waals surface area contributed by atoms with Crippen LogP contribution in [0.1, 0.15) is 73.0 Å². The quantitative estimate of drug-likeness (QED) is 0.270. The molecule has 2 aliphatic rings. The Morgan fingerprint density at radius 2 is 1.90 bits per heavy atom. The van der Waals surface area contributed by atoms with E-state index in [9.17, 15) is 23.1 Å². The van der Waals surface area contributed by atoms with Gasteiger partial charge in [-0.25, -0.2) is 9.78 Å². The van der Waals surface area contributed by atoms with Crippen molar-refractivity contribution in [2.45, 2.75) is 76.4 Å². The minimum atomic E-state index is -4.83. The van der Waals surface area contributed by atoms with Crippen molar-refractivity contribution in [1.29, 1.82) is 0 Å². The number of carboxylic acid groups (broad SMARTS) is 1. The second kappa shape index (κ2) is 11.3. The molecule has 2 atom stereocenters. The van der Waals surface area contributed by atoms with Gasteiger partial charge in [0.1, 0.15) is 23.0 Å². The first-order chi connectivity index (χ1) is 18.7. The lowest BCUT2D eigenvalue weighted by atomic mass is 10.0. The molecule has 0 bridgehead atoms. The van der Waals surface area contributed by atoms with E-state index in [1.807, 2.05) is 0 Å². The van der Waals surface area contributed by atoms with Crippen molar-refractivity contribution in [2.24, 2.45) is 0 Å². The van der Waals surface area contributed by atoms with Crippen molar-refractivity contribution in [2.75, 3.05) is 11.5 Å². The normalized spacial score (nSPS) is 19.4. The van der Waals surface area contributed by atoms with Crippen molar-refractivity contribution < 1.29 is 37.1 Å². The second-order valence-electron chi connectivity index (χ2n) is 9.94. The Kier molecular flexibility index (Phi) is 7.79. The summed E-state index contributed by atoms with van der Waals surface area (Å²) in [6, 6.07) is 9.68. The molecule has 0 radical (unpaired) electrons. The fourth-order valence-corrected chi connectivity index (χ4v) is 5.29. The van der Waals surface area contributed by atoms with Crippen LogP contribution in [-0.4, -0.2) is 46.3 Å². The van der Waals surface area contributed by atoms with Crippen molar-refractivity contribution in [3.05, 3.63) is 59.5 Å². The molecule has 39 heavy (non-hydrogen) atoms. The van der Waals surface area contributed by atoms with Crippen LogP contribution in [0.5, 0.6) is 5.75 Å². The summed E-state index contributed by atoms with van der Waals surface area (Å²) >= 11 is 0. The molecule has 5 rings (SSSR count). The number of halogens is 3. The second-order valence-corrected chi connectivity index (χ2v) is 9.94. The lowest BCUT2D eigenvalue weighted by Crippen LogP contribution is -2.37. The first-order valence-corrected chi connectivity index (χ1v) is 13.1. The molecule has 1 aliphatic carbocycles. The number of hydrogen-bond acceptors (Lipinski definition) is 7. The highest BCUT2D eigenvalue weighted by molar-refractivity contribution is 5.87. The van der Waals surface area contributed by atoms with Crippen LogP contribution < -0.4 is 9.64 Å². The van der Waals surface area contributed by atoms with E-state index in [1.165, 1.54) is 24.4 Å². The third-order valence-electron chi connectivity index (χ3n) is 7.33. The summed E-state index contributed by atoms with van der Waals surface area (Å²) in [6.45, 7) is 2.69. The minimum absolute atomic E-state index is 0.143. The molecule has 2 fully saturated rings. The number of aromatic nitrogens is 2. The number of benzene rings is 1. The van der Waals surface area contributed by atoms with Crippen LogP contribution in [0.3, 0.4) is 0 Å². The van der Waals surface area contributed by atoms with Gasteiger partial charge in [-0.3, -0.25) is 0 Å². The molecule has 0 spiro atoms. The van der Waals surface area contributed by atoms with Gasteiger partial charge in [0.2, 0.25) is 0 Å². The maximum atomic E-state index is 13.0. The van der Waals surface area contributed by atoms with Gasteiger partial charge in [-0.1, -0.05) is 24.2 Å². The average molecular weight is 546 g/mol. The van der Waals surface area contributed by atoms with Crippen LogP contribution in [0.2, 0.25) is 0 Å². The summed E-state index contributed by atoms with van der Waals surface area (Å²) in [5, 5.41) is 13.3. The number of rotatable bonds is 11. The molecule has 8 nitrogen and oxygen atoms in total. The van der Waals surface area contributed by atoms with Crippen LogP contribution in [0.4, 0.5) is 19.0 Å². The molecular weight excluding hydrogens is 515 g/mol. The van der Waals surface area contributed by atoms with Crippen LogP contribution in [0.15, 0.2) is 47.1 Å². The summed E-state index contributed by atoms with van der Waals surface area (Å²) in [5.41, 5.74) is 1.29. The Bertz CT molecular complexity index is 1290. The smallest absolute Gasteiger partial charge is 0.478 e. The van der Waals surface area contributed by atoms with Gasteiger partial charge < -0.3 is 24.0 Å². The molecular formula is C28H30F3N3O5. The highest BCUT2D eigenvalue weighted by atomic mass is 19.4. The lowest BCUT2D eigenvalue weighted by Gasteiger charge is -2.31. The molecule has 1 aliphatic heterocycles. The molecule has 1 saturated heterocycles. The zero-order chi connectivity index (χ0) is 27.6. The van der Waals surface area contributed by atoms with Gasteiger partial charge in [-0.05, 0) is 62.8 Å². The van der Waals surface area contributed by atoms with Gasteiger partial charge in [0.05, 0.1) is 12.2 Å². The first-order valence-electron chi connectivity index (χ1n) is 13.1. The van der Waals surface area contributed by atoms with E-state index >= 15 is 0 Å². The summed E-state index contributed by atoms with van der Waals surface area (Å²) < 4.78 is 55.0. The minimum Gasteiger partial charge on any atom is -0.478 e. The van der Waals surface area contributed by atoms with E-state index < -0.39 is 12.3 Å². The molecule has 1 aromatic carbocycles. The average Bonchev–Trinajstić information content (AvgIpc) is 3.53. The number of aromatic carboxylic acids is 1. The fourth-order valence-electron chi connectivity index (χ4n) is 5.29. The number of pyridine rings is 1. The summed E-state index contributed by atoms with van der Waals surface area (Å²) in [5.74, 6) is 0.237. The Hall–Kier alpha value is -3.60. The zero-order valence-corrected chi connectivity index (χ0v) is 21.5. The van der Waals surface area contributed by atoms with E-state index in [-0.39, 0.29) is 35.4 Å². The number of nitrogens with zero attached hydrogens (tertiary/aromatic N) is 3. The standard InChI is InChI=1S/C28H30F3N3O5/c1-2-19-10-11-20(34(19)24-12-9-18(15-32-24)27(35)36)13-14-37-16-22-25(33-39-26(22)17-7-8-17)21-5-3-4-6-23(21)38-28(29,30)31/h3-6,9,12,15,17,19-20H,2,7-8,10-11,13-14,16H2,1H3,(H,35,36)/t19?,20-/m0/s1. The molecule has 0 amide bonds. The molecule has 11 heteroatoms. The monoisotopic (exact) mass is 545 g/mol. The maximum Gasteiger partial charge on any atom is 0.573 e. The summed E-state index contributed by atoms with van der Waals surface area (Å²) in [7, 11) is 0. The van der Waals surface area contributed by atoms with Gasteiger partial charge in [0.15, 0.2) is 0 Å². The highest BCUT2D eigenvalue weighted by Gasteiger charge is 2.36. The Morgan fingerprint density at radius 1 is 1.13 bits per heavy atom. The van der Waals surface area contributed by atoms with Gasteiger partial charge in [0.25, 0.3) is 0 Å². The van der Waals surface area contributed by atoms with Gasteiger partial charge >= 0.3 is 12.3 Å². The number of carbonyl (C=O) groups is 1. The van der Waals surface area contributed by atoms with Crippen LogP contribution >= 0.6 is 0 Å². The Balaban J connectivity index is 1.28. The van der Waals surface area contributed by atoms with Crippen LogP contribution in [0, 0.1) is 0 Å². The molecule has 1 N–H and O–H groups in total. The SMILES string of the molecule is CCC1CC[C@@H](CCOCc2c(-c3ccccc3OC(F)(F)F)noc2C2CC2)N1c1ccc(C(=O)O)cn1. The Morgan fingerprint density at radius 3 is 2.56 bits per heavy atom. The van der Waals surface area contributed by atoms with E-state index in [0.717, 1.165) is 37.9 Å². The van der Waals surface area contributed by atoms with Crippen molar-refractivity contribution >= 4 is 11.8 Å². The van der Waals surface area contributed by atoms with Gasteiger partial charge in [0, 0.05) is 41.9 Å². The topological polar surface area (TPSA) is 97.9 Å². The maximum absolute atomic E-state index is 13.0. The predicted molar refractivity (Wildman–Crippen MR) is 136 cm³/mol. The van der Waals surface area contributed by atoms with Gasteiger partial charge in [-0.2, -0.15) is 0 Å². The van der Waals surface area contributed by atoms with E-state index in [1.54, 1.807) is 18.2 Å². The molecule has 208 valence electrons. The molecule has 3 aromatic rings. The van der Waals surface area contributed by atoms with Crippen LogP contribution in [0.25, 0.3) is 11.3 Å². The summed E-state index contributed by atoms with van der Waals surface area (Å²) in [6.07, 6.45) is 2.03. The third kappa shape index (κ3) is 6.19. The number of alkyl halides is 3. The van der Waals surface area contributed by atoms with Crippen LogP contribution in [-0.2, 0) is 11.3 Å². The molecule has 1 saturated carbocycles. The number of anilines is 1. The number of ether oxygens (including phenoxy) is 2. The number of para-hydroxylation sites is 1. The highest BCUT2D eigenvalue weighted by Crippen LogP contribution is 2.45. The number of hydrogen-bond donors (Lipinski definition) is 1. The Labute approximate surface area is 223 Å². The van der Waals surface area contributed by atoms with Gasteiger partial charge in [-0.15, -0.1) is 13.2 Å². The lowest BCUT2D eigenvalue weighted by molar-refractivity contribution is -0.274. The predicted octanol–water partition coefficient (Wildman–Crippen LogP) is 6.57. The zero-order valence-electron chi connectivity index (χ0n) is 21.5. The summed E-state index contributed by atoms with van der Waals surface area (Å²) in [4.78, 5) is 17.9. The van der Waals surface area contributed by atoms with E-state index in [0.29, 0.717) is 36.1 Å². The largest absolute Gasteiger partial charge is 0.573 e. The van der Waals surface area contributed by atoms with Crippen molar-refractivity contribution in [1.82, 2.24) is 10.1 Å². The van der Waals surface area contributed by atoms with Crippen molar-refractivity contribution in [3.8, 4) is 17.0 Å².